The lowest BCUT2D eigenvalue weighted by atomic mass is 10.2. The Kier molecular flexibility index (Phi) is 7.02. The van der Waals surface area contributed by atoms with Gasteiger partial charge in [-0.25, -0.2) is 4.99 Å². The van der Waals surface area contributed by atoms with Gasteiger partial charge < -0.3 is 15.5 Å². The van der Waals surface area contributed by atoms with Gasteiger partial charge in [0.1, 0.15) is 6.54 Å². The number of benzene rings is 1. The molecule has 0 fully saturated rings. The lowest BCUT2D eigenvalue weighted by Gasteiger charge is -2.18. The molecule has 1 aromatic carbocycles. The van der Waals surface area contributed by atoms with E-state index in [-0.39, 0.29) is 36.4 Å². The number of amides is 1. The molecule has 152 valence electrons. The van der Waals surface area contributed by atoms with Crippen LogP contribution in [0, 0.1) is 0 Å². The molecule has 0 radical (unpaired) electrons. The van der Waals surface area contributed by atoms with Crippen LogP contribution in [0.3, 0.4) is 0 Å². The van der Waals surface area contributed by atoms with Gasteiger partial charge in [0, 0.05) is 25.0 Å². The fourth-order valence-electron chi connectivity index (χ4n) is 3.34. The molecule has 4 rings (SSSR count). The number of carbonyl (C=O) groups excluding carboxylic acids is 1. The second-order valence-electron chi connectivity index (χ2n) is 6.52. The summed E-state index contributed by atoms with van der Waals surface area (Å²) in [5.41, 5.74) is 3.01. The zero-order valence-corrected chi connectivity index (χ0v) is 18.5. The van der Waals surface area contributed by atoms with E-state index >= 15 is 0 Å². The molecule has 1 aliphatic rings. The van der Waals surface area contributed by atoms with Crippen molar-refractivity contribution in [1.82, 2.24) is 25.2 Å². The maximum absolute atomic E-state index is 12.7. The van der Waals surface area contributed by atoms with Crippen molar-refractivity contribution < 1.29 is 4.79 Å². The van der Waals surface area contributed by atoms with Crippen molar-refractivity contribution >= 4 is 47.2 Å². The van der Waals surface area contributed by atoms with Crippen LogP contribution in [-0.2, 0) is 17.8 Å². The van der Waals surface area contributed by atoms with Crippen molar-refractivity contribution in [1.29, 1.82) is 0 Å². The molecule has 0 saturated carbocycles. The molecular weight excluding hydrogens is 481 g/mol. The number of rotatable bonds is 5. The molecule has 0 aliphatic carbocycles. The van der Waals surface area contributed by atoms with Gasteiger partial charge >= 0.3 is 0 Å². The number of aromatic nitrogens is 3. The first-order chi connectivity index (χ1) is 13.8. The molecule has 1 amide bonds. The normalized spacial score (nSPS) is 13.1. The minimum absolute atomic E-state index is 0. The minimum atomic E-state index is 0. The summed E-state index contributed by atoms with van der Waals surface area (Å²) in [6.45, 7) is 3.95. The van der Waals surface area contributed by atoms with E-state index in [1.807, 2.05) is 58.8 Å². The van der Waals surface area contributed by atoms with E-state index in [0.717, 1.165) is 30.1 Å². The van der Waals surface area contributed by atoms with Crippen LogP contribution in [0.1, 0.15) is 18.3 Å². The van der Waals surface area contributed by atoms with Crippen LogP contribution < -0.4 is 15.5 Å². The highest BCUT2D eigenvalue weighted by Crippen LogP contribution is 2.27. The predicted octanol–water partition coefficient (Wildman–Crippen LogP) is 1.99. The van der Waals surface area contributed by atoms with E-state index in [4.69, 9.17) is 0 Å². The van der Waals surface area contributed by atoms with Gasteiger partial charge in [-0.1, -0.05) is 24.3 Å². The molecule has 3 aromatic rings. The molecule has 0 atom stereocenters. The maximum Gasteiger partial charge on any atom is 0.246 e. The topological polar surface area (TPSA) is 86.9 Å². The Morgan fingerprint density at radius 2 is 1.97 bits per heavy atom. The Labute approximate surface area is 186 Å². The van der Waals surface area contributed by atoms with Crippen molar-refractivity contribution in [2.75, 3.05) is 24.5 Å². The van der Waals surface area contributed by atoms with Gasteiger partial charge in [-0.05, 0) is 37.1 Å². The number of guanidine groups is 1. The maximum atomic E-state index is 12.7. The summed E-state index contributed by atoms with van der Waals surface area (Å²) < 4.78 is 1.90. The fraction of sp³-hybridized carbons (Fsp3) is 0.300. The first-order valence-corrected chi connectivity index (χ1v) is 9.45. The molecule has 8 nitrogen and oxygen atoms in total. The summed E-state index contributed by atoms with van der Waals surface area (Å²) in [6.07, 6.45) is 2.81. The number of anilines is 1. The Balaban J connectivity index is 0.00000240. The van der Waals surface area contributed by atoms with Crippen LogP contribution in [0.25, 0.3) is 5.65 Å². The van der Waals surface area contributed by atoms with Gasteiger partial charge in [0.2, 0.25) is 5.91 Å². The van der Waals surface area contributed by atoms with Crippen molar-refractivity contribution in [2.45, 2.75) is 19.9 Å². The second kappa shape index (κ2) is 9.68. The van der Waals surface area contributed by atoms with Gasteiger partial charge in [-0.2, -0.15) is 0 Å². The highest BCUT2D eigenvalue weighted by Gasteiger charge is 2.23. The van der Waals surface area contributed by atoms with Crippen LogP contribution in [0.2, 0.25) is 0 Å². The molecule has 2 aromatic heterocycles. The van der Waals surface area contributed by atoms with Crippen LogP contribution in [0.15, 0.2) is 53.7 Å². The lowest BCUT2D eigenvalue weighted by Crippen LogP contribution is -2.44. The zero-order chi connectivity index (χ0) is 19.3. The van der Waals surface area contributed by atoms with Gasteiger partial charge in [0.25, 0.3) is 0 Å². The first kappa shape index (κ1) is 21.0. The summed E-state index contributed by atoms with van der Waals surface area (Å²) in [4.78, 5) is 19.1. The molecule has 1 aliphatic heterocycles. The molecule has 29 heavy (non-hydrogen) atoms. The molecule has 2 N–H and O–H groups in total. The number of hydrogen-bond donors (Lipinski definition) is 2. The van der Waals surface area contributed by atoms with E-state index in [2.05, 4.69) is 31.9 Å². The quantitative estimate of drug-likeness (QED) is 0.315. The van der Waals surface area contributed by atoms with E-state index in [0.29, 0.717) is 19.0 Å². The monoisotopic (exact) mass is 505 g/mol. The van der Waals surface area contributed by atoms with E-state index < -0.39 is 0 Å². The second-order valence-corrected chi connectivity index (χ2v) is 6.52. The number of pyridine rings is 1. The highest BCUT2D eigenvalue weighted by atomic mass is 127. The first-order valence-electron chi connectivity index (χ1n) is 9.45. The summed E-state index contributed by atoms with van der Waals surface area (Å²) in [7, 11) is 0. The third-order valence-electron chi connectivity index (χ3n) is 4.70. The summed E-state index contributed by atoms with van der Waals surface area (Å²) in [5, 5.41) is 14.6. The summed E-state index contributed by atoms with van der Waals surface area (Å²) in [6, 6.07) is 13.8. The van der Waals surface area contributed by atoms with E-state index in [1.165, 1.54) is 5.56 Å². The van der Waals surface area contributed by atoms with Crippen LogP contribution in [0.5, 0.6) is 0 Å². The van der Waals surface area contributed by atoms with Crippen LogP contribution in [0.4, 0.5) is 5.69 Å². The summed E-state index contributed by atoms with van der Waals surface area (Å²) >= 11 is 0. The number of aliphatic imine (C=N–C) groups is 1. The molecular formula is C20H24IN7O. The molecule has 9 heteroatoms. The molecule has 0 spiro atoms. The third kappa shape index (κ3) is 4.66. The molecule has 3 heterocycles. The number of para-hydroxylation sites is 1. The van der Waals surface area contributed by atoms with Gasteiger partial charge in [-0.3, -0.25) is 9.20 Å². The van der Waals surface area contributed by atoms with Crippen molar-refractivity contribution in [3.8, 4) is 0 Å². The smallest absolute Gasteiger partial charge is 0.246 e. The van der Waals surface area contributed by atoms with Gasteiger partial charge in [-0.15, -0.1) is 34.2 Å². The third-order valence-corrected chi connectivity index (χ3v) is 4.70. The van der Waals surface area contributed by atoms with Crippen LogP contribution >= 0.6 is 24.0 Å². The average molecular weight is 505 g/mol. The molecule has 0 bridgehead atoms. The predicted molar refractivity (Wildman–Crippen MR) is 124 cm³/mol. The highest BCUT2D eigenvalue weighted by molar-refractivity contribution is 14.0. The Morgan fingerprint density at radius 3 is 2.83 bits per heavy atom. The van der Waals surface area contributed by atoms with Crippen LogP contribution in [-0.4, -0.2) is 46.1 Å². The van der Waals surface area contributed by atoms with Gasteiger partial charge in [0.15, 0.2) is 17.4 Å². The van der Waals surface area contributed by atoms with Gasteiger partial charge in [0.05, 0.1) is 6.54 Å². The SMILES string of the molecule is CCNC(=NCc1nnc2ccccn12)NCC(=O)N1CCc2ccccc21.I. The lowest BCUT2D eigenvalue weighted by molar-refractivity contribution is -0.117. The number of fused-ring (bicyclic) bond motifs is 2. The number of carbonyl (C=O) groups is 1. The molecule has 0 unspecified atom stereocenters. The fourth-order valence-corrected chi connectivity index (χ4v) is 3.34. The largest absolute Gasteiger partial charge is 0.357 e. The Morgan fingerprint density at radius 1 is 1.14 bits per heavy atom. The minimum Gasteiger partial charge on any atom is -0.357 e. The van der Waals surface area contributed by atoms with Crippen molar-refractivity contribution in [3.63, 3.8) is 0 Å². The average Bonchev–Trinajstić information content (AvgIpc) is 3.34. The van der Waals surface area contributed by atoms with E-state index in [1.54, 1.807) is 0 Å². The number of hydrogen-bond acceptors (Lipinski definition) is 4. The van der Waals surface area contributed by atoms with Crippen molar-refractivity contribution in [2.24, 2.45) is 4.99 Å². The Bertz CT molecular complexity index is 1020. The Hall–Kier alpha value is -2.69. The standard InChI is InChI=1S/C20H23N7O.HI/c1-2-21-20(22-13-18-25-24-17-9-5-6-11-27(17)18)23-14-19(28)26-12-10-15-7-3-4-8-16(15)26;/h3-9,11H,2,10,12-14H2,1H3,(H2,21,22,23);1H. The number of nitrogens with one attached hydrogen (secondary N) is 2. The summed E-state index contributed by atoms with van der Waals surface area (Å²) in [5.74, 6) is 1.35. The van der Waals surface area contributed by atoms with Crippen molar-refractivity contribution in [3.05, 3.63) is 60.0 Å². The number of halogens is 1. The number of nitrogens with zero attached hydrogens (tertiary/aromatic N) is 5. The zero-order valence-electron chi connectivity index (χ0n) is 16.2. The van der Waals surface area contributed by atoms with E-state index in [9.17, 15) is 4.79 Å². The molecule has 0 saturated heterocycles.